The average molecular weight is 384 g/mol. The molecule has 3 atom stereocenters. The third kappa shape index (κ3) is 3.11. The van der Waals surface area contributed by atoms with E-state index in [1.807, 2.05) is 36.4 Å². The molecule has 5 rings (SSSR count). The lowest BCUT2D eigenvalue weighted by molar-refractivity contribution is -0.141. The standard InChI is InChI=1S/C21H20O7/c22-16(6-13-2-4-18-20(8-13)28-11-26-18)15-9-24-21(23)14(15)5-12-1-3-17-19(7-12)27-10-25-17/h1-4,7-8,14-16,22H,5-6,9-11H2/t14-,15+,16?/m0/s1. The summed E-state index contributed by atoms with van der Waals surface area (Å²) >= 11 is 0. The first-order valence-corrected chi connectivity index (χ1v) is 9.29. The highest BCUT2D eigenvalue weighted by molar-refractivity contribution is 5.75. The molecule has 3 aliphatic rings. The van der Waals surface area contributed by atoms with Crippen molar-refractivity contribution < 1.29 is 33.6 Å². The van der Waals surface area contributed by atoms with Gasteiger partial charge in [-0.2, -0.15) is 0 Å². The van der Waals surface area contributed by atoms with Gasteiger partial charge in [0.2, 0.25) is 13.6 Å². The second kappa shape index (κ2) is 6.91. The Kier molecular flexibility index (Phi) is 4.24. The van der Waals surface area contributed by atoms with E-state index in [4.69, 9.17) is 23.7 Å². The second-order valence-electron chi connectivity index (χ2n) is 7.25. The van der Waals surface area contributed by atoms with Crippen molar-refractivity contribution in [2.24, 2.45) is 11.8 Å². The molecule has 0 spiro atoms. The topological polar surface area (TPSA) is 83.5 Å². The van der Waals surface area contributed by atoms with Crippen molar-refractivity contribution in [3.8, 4) is 23.0 Å². The number of hydrogen-bond acceptors (Lipinski definition) is 7. The number of benzene rings is 2. The summed E-state index contributed by atoms with van der Waals surface area (Å²) in [7, 11) is 0. The van der Waals surface area contributed by atoms with Crippen molar-refractivity contribution in [3.05, 3.63) is 47.5 Å². The first-order chi connectivity index (χ1) is 13.7. The monoisotopic (exact) mass is 384 g/mol. The molecular formula is C21H20O7. The molecule has 0 aliphatic carbocycles. The largest absolute Gasteiger partial charge is 0.465 e. The van der Waals surface area contributed by atoms with Crippen molar-refractivity contribution in [3.63, 3.8) is 0 Å². The summed E-state index contributed by atoms with van der Waals surface area (Å²) in [6, 6.07) is 11.3. The van der Waals surface area contributed by atoms with Crippen LogP contribution in [0.15, 0.2) is 36.4 Å². The van der Waals surface area contributed by atoms with Gasteiger partial charge in [0.25, 0.3) is 0 Å². The summed E-state index contributed by atoms with van der Waals surface area (Å²) in [5, 5.41) is 10.8. The van der Waals surface area contributed by atoms with E-state index in [-0.39, 0.29) is 32.1 Å². The summed E-state index contributed by atoms with van der Waals surface area (Å²) in [6.45, 7) is 0.644. The van der Waals surface area contributed by atoms with Crippen LogP contribution in [-0.2, 0) is 22.4 Å². The number of cyclic esters (lactones) is 1. The molecule has 7 heteroatoms. The Hall–Kier alpha value is -2.93. The molecule has 1 unspecified atom stereocenters. The van der Waals surface area contributed by atoms with Crippen LogP contribution in [0.1, 0.15) is 11.1 Å². The third-order valence-corrected chi connectivity index (χ3v) is 5.51. The second-order valence-corrected chi connectivity index (χ2v) is 7.25. The van der Waals surface area contributed by atoms with Gasteiger partial charge in [-0.05, 0) is 48.2 Å². The van der Waals surface area contributed by atoms with Crippen molar-refractivity contribution in [2.75, 3.05) is 20.2 Å². The predicted molar refractivity (Wildman–Crippen MR) is 96.5 cm³/mol. The highest BCUT2D eigenvalue weighted by Crippen LogP contribution is 2.37. The number of aliphatic hydroxyl groups excluding tert-OH is 1. The fourth-order valence-corrected chi connectivity index (χ4v) is 3.97. The first kappa shape index (κ1) is 17.2. The maximum absolute atomic E-state index is 12.3. The molecule has 0 amide bonds. The van der Waals surface area contributed by atoms with Crippen LogP contribution in [0.2, 0.25) is 0 Å². The molecule has 3 aliphatic heterocycles. The van der Waals surface area contributed by atoms with Crippen molar-refractivity contribution in [1.82, 2.24) is 0 Å². The Labute approximate surface area is 161 Å². The summed E-state index contributed by atoms with van der Waals surface area (Å²) in [5.74, 6) is 1.83. The van der Waals surface area contributed by atoms with Crippen LogP contribution in [0.3, 0.4) is 0 Å². The molecule has 1 fully saturated rings. The van der Waals surface area contributed by atoms with Gasteiger partial charge in [-0.3, -0.25) is 4.79 Å². The van der Waals surface area contributed by atoms with Crippen molar-refractivity contribution in [2.45, 2.75) is 18.9 Å². The quantitative estimate of drug-likeness (QED) is 0.790. The summed E-state index contributed by atoms with van der Waals surface area (Å²) in [4.78, 5) is 12.3. The molecule has 1 N–H and O–H groups in total. The van der Waals surface area contributed by atoms with Gasteiger partial charge in [-0.25, -0.2) is 0 Å². The van der Waals surface area contributed by atoms with Gasteiger partial charge in [0, 0.05) is 5.92 Å². The van der Waals surface area contributed by atoms with E-state index in [0.717, 1.165) is 11.1 Å². The highest BCUT2D eigenvalue weighted by Gasteiger charge is 2.41. The molecule has 28 heavy (non-hydrogen) atoms. The van der Waals surface area contributed by atoms with E-state index >= 15 is 0 Å². The Bertz CT molecular complexity index is 910. The Morgan fingerprint density at radius 1 is 0.857 bits per heavy atom. The molecule has 1 saturated heterocycles. The zero-order valence-electron chi connectivity index (χ0n) is 15.1. The lowest BCUT2D eigenvalue weighted by atomic mass is 9.83. The van der Waals surface area contributed by atoms with Gasteiger partial charge in [0.05, 0.1) is 18.6 Å². The summed E-state index contributed by atoms with van der Waals surface area (Å²) in [6.07, 6.45) is 0.194. The zero-order chi connectivity index (χ0) is 19.1. The third-order valence-electron chi connectivity index (χ3n) is 5.51. The Balaban J connectivity index is 1.30. The maximum Gasteiger partial charge on any atom is 0.309 e. The van der Waals surface area contributed by atoms with Gasteiger partial charge in [-0.1, -0.05) is 12.1 Å². The van der Waals surface area contributed by atoms with Gasteiger partial charge in [0.1, 0.15) is 0 Å². The van der Waals surface area contributed by atoms with E-state index < -0.39 is 12.0 Å². The molecule has 146 valence electrons. The molecule has 0 bridgehead atoms. The van der Waals surface area contributed by atoms with Crippen LogP contribution in [0.4, 0.5) is 0 Å². The Morgan fingerprint density at radius 3 is 2.18 bits per heavy atom. The number of hydrogen-bond donors (Lipinski definition) is 1. The lowest BCUT2D eigenvalue weighted by Crippen LogP contribution is -2.31. The summed E-state index contributed by atoms with van der Waals surface area (Å²) < 4.78 is 26.7. The normalized spacial score (nSPS) is 23.0. The number of aliphatic hydroxyl groups is 1. The average Bonchev–Trinajstić information content (AvgIpc) is 3.41. The van der Waals surface area contributed by atoms with Crippen LogP contribution in [0, 0.1) is 11.8 Å². The van der Waals surface area contributed by atoms with E-state index in [1.54, 1.807) is 0 Å². The molecule has 3 heterocycles. The van der Waals surface area contributed by atoms with E-state index in [0.29, 0.717) is 35.8 Å². The number of rotatable bonds is 5. The van der Waals surface area contributed by atoms with Crippen molar-refractivity contribution >= 4 is 5.97 Å². The minimum Gasteiger partial charge on any atom is -0.465 e. The van der Waals surface area contributed by atoms with Crippen LogP contribution < -0.4 is 18.9 Å². The molecule has 2 aromatic rings. The van der Waals surface area contributed by atoms with Gasteiger partial charge in [-0.15, -0.1) is 0 Å². The number of fused-ring (bicyclic) bond motifs is 2. The minimum absolute atomic E-state index is 0.209. The van der Waals surface area contributed by atoms with Crippen LogP contribution in [0.5, 0.6) is 23.0 Å². The predicted octanol–water partition coefficient (Wildman–Crippen LogP) is 2.08. The van der Waals surface area contributed by atoms with E-state index in [1.165, 1.54) is 0 Å². The minimum atomic E-state index is -0.703. The van der Waals surface area contributed by atoms with Crippen LogP contribution >= 0.6 is 0 Å². The van der Waals surface area contributed by atoms with E-state index in [2.05, 4.69) is 0 Å². The fraction of sp³-hybridized carbons (Fsp3) is 0.381. The molecule has 0 saturated carbocycles. The van der Waals surface area contributed by atoms with Crippen LogP contribution in [0.25, 0.3) is 0 Å². The number of carbonyl (C=O) groups excluding carboxylic acids is 1. The smallest absolute Gasteiger partial charge is 0.309 e. The lowest BCUT2D eigenvalue weighted by Gasteiger charge is -2.21. The highest BCUT2D eigenvalue weighted by atomic mass is 16.7. The van der Waals surface area contributed by atoms with E-state index in [9.17, 15) is 9.90 Å². The Morgan fingerprint density at radius 2 is 1.46 bits per heavy atom. The number of carbonyl (C=O) groups is 1. The van der Waals surface area contributed by atoms with Gasteiger partial charge in [0.15, 0.2) is 23.0 Å². The van der Waals surface area contributed by atoms with Gasteiger partial charge >= 0.3 is 5.97 Å². The number of esters is 1. The summed E-state index contributed by atoms with van der Waals surface area (Å²) in [5.41, 5.74) is 1.88. The first-order valence-electron chi connectivity index (χ1n) is 9.29. The molecule has 2 aromatic carbocycles. The molecule has 0 radical (unpaired) electrons. The van der Waals surface area contributed by atoms with Gasteiger partial charge < -0.3 is 28.8 Å². The number of ether oxygens (including phenoxy) is 5. The molecule has 0 aromatic heterocycles. The van der Waals surface area contributed by atoms with Crippen molar-refractivity contribution in [1.29, 1.82) is 0 Å². The maximum atomic E-state index is 12.3. The van der Waals surface area contributed by atoms with Crippen LogP contribution in [-0.4, -0.2) is 37.4 Å². The SMILES string of the molecule is O=C1OC[C@@H](C(O)Cc2ccc3c(c2)OCO3)[C@@H]1Cc1ccc2c(c1)OCO2. The zero-order valence-corrected chi connectivity index (χ0v) is 15.1. The molecule has 7 nitrogen and oxygen atoms in total. The fourth-order valence-electron chi connectivity index (χ4n) is 3.97. The molecular weight excluding hydrogens is 364 g/mol.